The lowest BCUT2D eigenvalue weighted by atomic mass is 10.0. The van der Waals surface area contributed by atoms with Crippen molar-refractivity contribution in [2.24, 2.45) is 0 Å². The molecule has 0 aliphatic carbocycles. The number of piperidine rings is 1. The van der Waals surface area contributed by atoms with E-state index >= 15 is 0 Å². The highest BCUT2D eigenvalue weighted by Gasteiger charge is 2.29. The number of fused-ring (bicyclic) bond motifs is 2. The fourth-order valence-electron chi connectivity index (χ4n) is 6.89. The van der Waals surface area contributed by atoms with E-state index in [2.05, 4.69) is 20.9 Å². The second-order valence-corrected chi connectivity index (χ2v) is 13.1. The predicted octanol–water partition coefficient (Wildman–Crippen LogP) is 4.88. The molecule has 0 bridgehead atoms. The van der Waals surface area contributed by atoms with Gasteiger partial charge in [-0.15, -0.1) is 0 Å². The minimum absolute atomic E-state index is 0.0230. The number of aliphatic hydroxyl groups is 1. The Bertz CT molecular complexity index is 1910. The molecular formula is C39H41N5O7. The molecule has 4 aromatic rings. The average Bonchev–Trinajstić information content (AvgIpc) is 3.46. The number of para-hydroxylation sites is 1. The summed E-state index contributed by atoms with van der Waals surface area (Å²) in [5.41, 5.74) is 5.97. The number of carbonyl (C=O) groups is 3. The molecule has 1 saturated heterocycles. The number of ether oxygens (including phenoxy) is 2. The number of aromatic hydroxyl groups is 1. The number of rotatable bonds is 11. The number of amides is 3. The van der Waals surface area contributed by atoms with E-state index in [1.807, 2.05) is 77.7 Å². The maximum absolute atomic E-state index is 13.2. The van der Waals surface area contributed by atoms with Crippen molar-refractivity contribution in [1.29, 1.82) is 0 Å². The molecule has 0 spiro atoms. The van der Waals surface area contributed by atoms with Crippen molar-refractivity contribution in [3.8, 4) is 22.6 Å². The molecule has 51 heavy (non-hydrogen) atoms. The van der Waals surface area contributed by atoms with Crippen LogP contribution in [0.4, 0.5) is 16.2 Å². The van der Waals surface area contributed by atoms with E-state index in [0.717, 1.165) is 54.7 Å². The normalized spacial score (nSPS) is 16.5. The molecule has 1 fully saturated rings. The molecule has 12 nitrogen and oxygen atoms in total. The number of hydrogen-bond donors (Lipinski definition) is 5. The van der Waals surface area contributed by atoms with Gasteiger partial charge in [-0.25, -0.2) is 4.79 Å². The molecule has 3 aliphatic rings. The Kier molecular flexibility index (Phi) is 10.2. The van der Waals surface area contributed by atoms with E-state index in [-0.39, 0.29) is 48.3 Å². The van der Waals surface area contributed by atoms with Crippen molar-refractivity contribution in [1.82, 2.24) is 15.1 Å². The van der Waals surface area contributed by atoms with Gasteiger partial charge < -0.3 is 40.1 Å². The first-order valence-corrected chi connectivity index (χ1v) is 17.2. The summed E-state index contributed by atoms with van der Waals surface area (Å²) in [6, 6.07) is 26.4. The first-order valence-electron chi connectivity index (χ1n) is 17.2. The number of nitrogens with one attached hydrogen (secondary N) is 3. The minimum atomic E-state index is -0.933. The van der Waals surface area contributed by atoms with E-state index in [1.54, 1.807) is 6.07 Å². The van der Waals surface area contributed by atoms with E-state index in [0.29, 0.717) is 36.4 Å². The van der Waals surface area contributed by atoms with E-state index in [9.17, 15) is 24.6 Å². The van der Waals surface area contributed by atoms with E-state index in [1.165, 1.54) is 6.07 Å². The van der Waals surface area contributed by atoms with Crippen LogP contribution in [0.2, 0.25) is 0 Å². The molecule has 0 aromatic heterocycles. The van der Waals surface area contributed by atoms with Gasteiger partial charge in [-0.05, 0) is 53.8 Å². The highest BCUT2D eigenvalue weighted by atomic mass is 16.6. The minimum Gasteiger partial charge on any atom is -0.506 e. The number of phenolic OH excluding ortho intramolecular Hbond substituents is 1. The summed E-state index contributed by atoms with van der Waals surface area (Å²) in [7, 11) is 0. The maximum atomic E-state index is 13.2. The maximum Gasteiger partial charge on any atom is 0.411 e. The molecule has 0 radical (unpaired) electrons. The van der Waals surface area contributed by atoms with Crippen molar-refractivity contribution >= 4 is 29.3 Å². The van der Waals surface area contributed by atoms with Gasteiger partial charge in [0.2, 0.25) is 0 Å². The van der Waals surface area contributed by atoms with Crippen LogP contribution < -0.4 is 20.7 Å². The van der Waals surface area contributed by atoms with Crippen molar-refractivity contribution in [2.75, 3.05) is 50.0 Å². The number of aliphatic hydroxyl groups excluding tert-OH is 1. The van der Waals surface area contributed by atoms with Crippen LogP contribution in [0.1, 0.15) is 46.0 Å². The van der Waals surface area contributed by atoms with Crippen LogP contribution in [-0.2, 0) is 22.6 Å². The number of carbonyl (C=O) groups excluding carboxylic acids is 3. The molecule has 3 aliphatic heterocycles. The Morgan fingerprint density at radius 2 is 1.75 bits per heavy atom. The second kappa shape index (κ2) is 15.2. The quantitative estimate of drug-likeness (QED) is 0.139. The smallest absolute Gasteiger partial charge is 0.411 e. The molecule has 5 N–H and O–H groups in total. The Balaban J connectivity index is 0.844. The lowest BCUT2D eigenvalue weighted by Crippen LogP contribution is -2.42. The van der Waals surface area contributed by atoms with Crippen LogP contribution in [0.25, 0.3) is 11.1 Å². The van der Waals surface area contributed by atoms with Crippen molar-refractivity contribution in [2.45, 2.75) is 38.1 Å². The zero-order valence-electron chi connectivity index (χ0n) is 28.1. The number of hydrogen-bond acceptors (Lipinski definition) is 9. The van der Waals surface area contributed by atoms with E-state index < -0.39 is 12.2 Å². The SMILES string of the molecule is O=C1COc2c([C@@H](O)CNCc3ccc4c(c3)CN(CCN3CCC(OC(=O)Nc5ccccc5-c5ccccc5)CC3)C4=O)ccc(O)c2N1. The van der Waals surface area contributed by atoms with Crippen LogP contribution in [0, 0.1) is 0 Å². The van der Waals surface area contributed by atoms with Gasteiger partial charge >= 0.3 is 6.09 Å². The fraction of sp³-hybridized carbons (Fsp3) is 0.308. The Hall–Kier alpha value is -5.43. The van der Waals surface area contributed by atoms with Gasteiger partial charge in [-0.1, -0.05) is 60.7 Å². The van der Waals surface area contributed by atoms with Gasteiger partial charge in [-0.3, -0.25) is 14.9 Å². The summed E-state index contributed by atoms with van der Waals surface area (Å²) in [5.74, 6) is -0.204. The Morgan fingerprint density at radius 1 is 0.961 bits per heavy atom. The summed E-state index contributed by atoms with van der Waals surface area (Å²) in [6.45, 7) is 3.95. The van der Waals surface area contributed by atoms with Gasteiger partial charge in [-0.2, -0.15) is 0 Å². The summed E-state index contributed by atoms with van der Waals surface area (Å²) in [6.07, 6.45) is -0.0994. The number of phenols is 1. The van der Waals surface area contributed by atoms with Gasteiger partial charge in [0, 0.05) is 62.5 Å². The first kappa shape index (κ1) is 34.0. The predicted molar refractivity (Wildman–Crippen MR) is 192 cm³/mol. The van der Waals surface area contributed by atoms with Crippen LogP contribution in [-0.4, -0.2) is 83.4 Å². The van der Waals surface area contributed by atoms with Gasteiger partial charge in [0.05, 0.1) is 11.8 Å². The third kappa shape index (κ3) is 7.83. The Morgan fingerprint density at radius 3 is 2.57 bits per heavy atom. The van der Waals surface area contributed by atoms with Gasteiger partial charge in [0.25, 0.3) is 11.8 Å². The third-order valence-electron chi connectivity index (χ3n) is 9.60. The van der Waals surface area contributed by atoms with Crippen LogP contribution >= 0.6 is 0 Å². The molecular weight excluding hydrogens is 650 g/mol. The summed E-state index contributed by atoms with van der Waals surface area (Å²) in [4.78, 5) is 41.8. The lowest BCUT2D eigenvalue weighted by Gasteiger charge is -2.32. The van der Waals surface area contributed by atoms with Crippen LogP contribution in [0.15, 0.2) is 84.9 Å². The molecule has 0 unspecified atom stereocenters. The monoisotopic (exact) mass is 691 g/mol. The summed E-state index contributed by atoms with van der Waals surface area (Å²) < 4.78 is 11.3. The number of benzene rings is 4. The highest BCUT2D eigenvalue weighted by Crippen LogP contribution is 2.41. The zero-order valence-corrected chi connectivity index (χ0v) is 28.1. The summed E-state index contributed by atoms with van der Waals surface area (Å²) in [5, 5.41) is 29.7. The van der Waals surface area contributed by atoms with Gasteiger partial charge in [0.15, 0.2) is 12.4 Å². The fourth-order valence-corrected chi connectivity index (χ4v) is 6.89. The largest absolute Gasteiger partial charge is 0.506 e. The molecule has 3 heterocycles. The Labute approximate surface area is 296 Å². The summed E-state index contributed by atoms with van der Waals surface area (Å²) >= 11 is 0. The molecule has 1 atom stereocenters. The molecule has 264 valence electrons. The van der Waals surface area contributed by atoms with Crippen LogP contribution in [0.3, 0.4) is 0 Å². The first-order chi connectivity index (χ1) is 24.8. The standard InChI is InChI=1S/C39H41N5O7/c45-33-13-12-31(37-36(33)42-35(47)24-50-37)34(46)22-40-21-25-10-11-30-27(20-25)23-44(38(30)48)19-18-43-16-14-28(15-17-43)51-39(49)41-32-9-5-4-8-29(32)26-6-2-1-3-7-26/h1-13,20,28,34,40,45-46H,14-19,21-24H2,(H,41,49)(H,42,47)/t34-/m0/s1. The highest BCUT2D eigenvalue weighted by molar-refractivity contribution is 5.99. The number of anilines is 2. The lowest BCUT2D eigenvalue weighted by molar-refractivity contribution is -0.118. The molecule has 7 rings (SSSR count). The van der Waals surface area contributed by atoms with Crippen molar-refractivity contribution < 1.29 is 34.1 Å². The second-order valence-electron chi connectivity index (χ2n) is 13.1. The third-order valence-corrected chi connectivity index (χ3v) is 9.60. The van der Waals surface area contributed by atoms with Crippen LogP contribution in [0.5, 0.6) is 11.5 Å². The van der Waals surface area contributed by atoms with Crippen molar-refractivity contribution in [3.63, 3.8) is 0 Å². The zero-order chi connectivity index (χ0) is 35.3. The average molecular weight is 692 g/mol. The number of nitrogens with zero attached hydrogens (tertiary/aromatic N) is 2. The molecule has 0 saturated carbocycles. The molecule has 12 heteroatoms. The van der Waals surface area contributed by atoms with Gasteiger partial charge in [0.1, 0.15) is 17.5 Å². The van der Waals surface area contributed by atoms with Crippen molar-refractivity contribution in [3.05, 3.63) is 107 Å². The molecule has 4 aromatic carbocycles. The topological polar surface area (TPSA) is 153 Å². The molecule has 3 amide bonds. The number of likely N-dealkylation sites (tertiary alicyclic amines) is 1. The van der Waals surface area contributed by atoms with E-state index in [4.69, 9.17) is 9.47 Å².